The van der Waals surface area contributed by atoms with Crippen molar-refractivity contribution in [2.45, 2.75) is 58.5 Å². The number of carbonyl (C=O) groups is 1. The molecule has 2 aromatic rings. The van der Waals surface area contributed by atoms with Gasteiger partial charge >= 0.3 is 0 Å². The standard InChI is InChI=1S/C23H28O2/c1-4-6-7-8-16-21(24)23(25-5-2)20-15-10-9-13-18(20)19-14-11-12-17(3)22(19)23/h9-15H,4-8,16H2,1-3H3. The van der Waals surface area contributed by atoms with E-state index >= 15 is 0 Å². The average molecular weight is 336 g/mol. The Kier molecular flexibility index (Phi) is 5.39. The van der Waals surface area contributed by atoms with E-state index in [-0.39, 0.29) is 5.78 Å². The first-order valence-corrected chi connectivity index (χ1v) is 9.54. The second-order valence-corrected chi connectivity index (χ2v) is 6.89. The third-order valence-electron chi connectivity index (χ3n) is 5.23. The zero-order valence-electron chi connectivity index (χ0n) is 15.6. The molecule has 0 fully saturated rings. The first kappa shape index (κ1) is 17.9. The Morgan fingerprint density at radius 2 is 1.72 bits per heavy atom. The number of rotatable bonds is 8. The quantitative estimate of drug-likeness (QED) is 0.570. The van der Waals surface area contributed by atoms with Gasteiger partial charge in [0.15, 0.2) is 11.4 Å². The number of Topliss-reactive ketones (excluding diaryl/α,β-unsaturated/α-hetero) is 1. The molecule has 0 aromatic heterocycles. The molecule has 2 aromatic carbocycles. The van der Waals surface area contributed by atoms with Gasteiger partial charge in [0, 0.05) is 24.2 Å². The molecule has 2 nitrogen and oxygen atoms in total. The number of ketones is 1. The topological polar surface area (TPSA) is 26.3 Å². The number of ether oxygens (including phenoxy) is 1. The summed E-state index contributed by atoms with van der Waals surface area (Å²) in [5.41, 5.74) is 4.55. The van der Waals surface area contributed by atoms with Crippen molar-refractivity contribution < 1.29 is 9.53 Å². The second-order valence-electron chi connectivity index (χ2n) is 6.89. The summed E-state index contributed by atoms with van der Waals surface area (Å²) in [5, 5.41) is 0. The van der Waals surface area contributed by atoms with Crippen LogP contribution in [0.5, 0.6) is 0 Å². The Balaban J connectivity index is 2.10. The molecule has 1 aliphatic rings. The van der Waals surface area contributed by atoms with Gasteiger partial charge in [-0.05, 0) is 37.0 Å². The Morgan fingerprint density at radius 3 is 2.48 bits per heavy atom. The second kappa shape index (κ2) is 7.53. The summed E-state index contributed by atoms with van der Waals surface area (Å²) in [6, 6.07) is 14.5. The van der Waals surface area contributed by atoms with Crippen LogP contribution in [0.1, 0.15) is 62.6 Å². The predicted octanol–water partition coefficient (Wildman–Crippen LogP) is 5.80. The number of hydrogen-bond acceptors (Lipinski definition) is 2. The van der Waals surface area contributed by atoms with Crippen molar-refractivity contribution in [3.05, 3.63) is 59.2 Å². The van der Waals surface area contributed by atoms with E-state index in [1.807, 2.05) is 19.1 Å². The van der Waals surface area contributed by atoms with Gasteiger partial charge in [-0.3, -0.25) is 4.79 Å². The monoisotopic (exact) mass is 336 g/mol. The highest BCUT2D eigenvalue weighted by Gasteiger charge is 2.50. The van der Waals surface area contributed by atoms with Crippen molar-refractivity contribution in [2.24, 2.45) is 0 Å². The summed E-state index contributed by atoms with van der Waals surface area (Å²) in [5.74, 6) is 0.200. The van der Waals surface area contributed by atoms with Crippen molar-refractivity contribution in [3.63, 3.8) is 0 Å². The Labute approximate surface area is 151 Å². The summed E-state index contributed by atoms with van der Waals surface area (Å²) >= 11 is 0. The molecule has 0 bridgehead atoms. The highest BCUT2D eigenvalue weighted by Crippen LogP contribution is 2.52. The van der Waals surface area contributed by atoms with Crippen LogP contribution in [0, 0.1) is 6.92 Å². The first-order valence-electron chi connectivity index (χ1n) is 9.54. The number of aryl methyl sites for hydroxylation is 1. The van der Waals surface area contributed by atoms with Crippen molar-refractivity contribution in [3.8, 4) is 11.1 Å². The molecule has 0 amide bonds. The molecule has 0 saturated carbocycles. The fourth-order valence-electron chi connectivity index (χ4n) is 4.14. The van der Waals surface area contributed by atoms with Crippen LogP contribution < -0.4 is 0 Å². The Bertz CT molecular complexity index is 762. The molecule has 0 spiro atoms. The van der Waals surface area contributed by atoms with Gasteiger partial charge in [0.2, 0.25) is 0 Å². The van der Waals surface area contributed by atoms with Gasteiger partial charge < -0.3 is 4.74 Å². The van der Waals surface area contributed by atoms with Gasteiger partial charge in [-0.2, -0.15) is 0 Å². The maximum absolute atomic E-state index is 13.5. The van der Waals surface area contributed by atoms with Crippen molar-refractivity contribution in [2.75, 3.05) is 6.61 Å². The molecule has 1 aliphatic carbocycles. The maximum atomic E-state index is 13.5. The van der Waals surface area contributed by atoms with Gasteiger partial charge in [-0.15, -0.1) is 0 Å². The van der Waals surface area contributed by atoms with Gasteiger partial charge in [0.05, 0.1) is 0 Å². The van der Waals surface area contributed by atoms with Crippen LogP contribution in [0.4, 0.5) is 0 Å². The van der Waals surface area contributed by atoms with E-state index in [0.29, 0.717) is 13.0 Å². The molecular weight excluding hydrogens is 308 g/mol. The van der Waals surface area contributed by atoms with Gasteiger partial charge in [0.1, 0.15) is 0 Å². The summed E-state index contributed by atoms with van der Waals surface area (Å²) in [7, 11) is 0. The van der Waals surface area contributed by atoms with Crippen molar-refractivity contribution in [1.29, 1.82) is 0 Å². The van der Waals surface area contributed by atoms with E-state index in [0.717, 1.165) is 40.7 Å². The molecule has 1 unspecified atom stereocenters. The lowest BCUT2D eigenvalue weighted by Crippen LogP contribution is -2.39. The van der Waals surface area contributed by atoms with E-state index in [1.165, 1.54) is 12.8 Å². The number of hydrogen-bond donors (Lipinski definition) is 0. The minimum Gasteiger partial charge on any atom is -0.358 e. The largest absolute Gasteiger partial charge is 0.358 e. The van der Waals surface area contributed by atoms with Crippen LogP contribution >= 0.6 is 0 Å². The number of fused-ring (bicyclic) bond motifs is 3. The minimum absolute atomic E-state index is 0.200. The zero-order chi connectivity index (χ0) is 17.9. The third-order valence-corrected chi connectivity index (χ3v) is 5.23. The highest BCUT2D eigenvalue weighted by atomic mass is 16.5. The number of carbonyl (C=O) groups excluding carboxylic acids is 1. The smallest absolute Gasteiger partial charge is 0.177 e. The van der Waals surface area contributed by atoms with Crippen molar-refractivity contribution >= 4 is 5.78 Å². The van der Waals surface area contributed by atoms with Crippen LogP contribution in [0.25, 0.3) is 11.1 Å². The van der Waals surface area contributed by atoms with Crippen LogP contribution in [0.15, 0.2) is 42.5 Å². The maximum Gasteiger partial charge on any atom is 0.177 e. The van der Waals surface area contributed by atoms with Crippen LogP contribution in [0.3, 0.4) is 0 Å². The Morgan fingerprint density at radius 1 is 0.960 bits per heavy atom. The number of unbranched alkanes of at least 4 members (excludes halogenated alkanes) is 3. The molecule has 0 radical (unpaired) electrons. The minimum atomic E-state index is -0.932. The first-order chi connectivity index (χ1) is 12.2. The fourth-order valence-corrected chi connectivity index (χ4v) is 4.14. The summed E-state index contributed by atoms with van der Waals surface area (Å²) in [6.07, 6.45) is 4.97. The SMILES string of the molecule is CCCCCCC(=O)C1(OCC)c2ccccc2-c2cccc(C)c21. The summed E-state index contributed by atoms with van der Waals surface area (Å²) in [4.78, 5) is 13.5. The normalized spacial score (nSPS) is 18.0. The van der Waals surface area contributed by atoms with Gasteiger partial charge in [-0.25, -0.2) is 0 Å². The van der Waals surface area contributed by atoms with E-state index < -0.39 is 5.60 Å². The fraction of sp³-hybridized carbons (Fsp3) is 0.435. The average Bonchev–Trinajstić information content (AvgIpc) is 2.92. The molecule has 2 heteroatoms. The van der Waals surface area contributed by atoms with Gasteiger partial charge in [-0.1, -0.05) is 68.7 Å². The molecule has 0 N–H and O–H groups in total. The van der Waals surface area contributed by atoms with E-state index in [9.17, 15) is 4.79 Å². The Hall–Kier alpha value is -1.93. The molecule has 1 atom stereocenters. The van der Waals surface area contributed by atoms with Crippen LogP contribution in [-0.4, -0.2) is 12.4 Å². The molecule has 132 valence electrons. The van der Waals surface area contributed by atoms with E-state index in [2.05, 4.69) is 44.2 Å². The van der Waals surface area contributed by atoms with Crippen LogP contribution in [0.2, 0.25) is 0 Å². The van der Waals surface area contributed by atoms with E-state index in [4.69, 9.17) is 4.74 Å². The zero-order valence-corrected chi connectivity index (χ0v) is 15.6. The predicted molar refractivity (Wildman–Crippen MR) is 103 cm³/mol. The third kappa shape index (κ3) is 2.93. The molecular formula is C23H28O2. The van der Waals surface area contributed by atoms with Crippen LogP contribution in [-0.2, 0) is 15.1 Å². The molecule has 0 heterocycles. The summed E-state index contributed by atoms with van der Waals surface area (Å²) < 4.78 is 6.29. The lowest BCUT2D eigenvalue weighted by Gasteiger charge is -2.31. The highest BCUT2D eigenvalue weighted by molar-refractivity contribution is 6.00. The van der Waals surface area contributed by atoms with Crippen molar-refractivity contribution in [1.82, 2.24) is 0 Å². The molecule has 25 heavy (non-hydrogen) atoms. The summed E-state index contributed by atoms with van der Waals surface area (Å²) in [6.45, 7) is 6.77. The number of benzene rings is 2. The van der Waals surface area contributed by atoms with E-state index in [1.54, 1.807) is 0 Å². The lowest BCUT2D eigenvalue weighted by atomic mass is 9.82. The molecule has 0 aliphatic heterocycles. The molecule has 3 rings (SSSR count). The molecule has 0 saturated heterocycles. The lowest BCUT2D eigenvalue weighted by molar-refractivity contribution is -0.140. The van der Waals surface area contributed by atoms with Gasteiger partial charge in [0.25, 0.3) is 0 Å².